The smallest absolute Gasteiger partial charge is 0.301 e. The molecule has 126 valence electrons. The van der Waals surface area contributed by atoms with E-state index >= 15 is 0 Å². The van der Waals surface area contributed by atoms with E-state index < -0.39 is 10.0 Å². The lowest BCUT2D eigenvalue weighted by molar-refractivity contribution is 0.332. The molecule has 0 N–H and O–H groups in total. The van der Waals surface area contributed by atoms with Gasteiger partial charge in [0, 0.05) is 25.2 Å². The average Bonchev–Trinajstić information content (AvgIpc) is 2.60. The molecule has 1 saturated heterocycles. The van der Waals surface area contributed by atoms with Gasteiger partial charge in [-0.2, -0.15) is 8.42 Å². The van der Waals surface area contributed by atoms with Crippen molar-refractivity contribution in [3.05, 3.63) is 60.3 Å². The molecule has 6 heteroatoms. The monoisotopic (exact) mass is 343 g/mol. The molecule has 1 fully saturated rings. The molecule has 0 saturated carbocycles. The Balaban J connectivity index is 1.92. The van der Waals surface area contributed by atoms with Crippen molar-refractivity contribution in [2.45, 2.75) is 31.3 Å². The lowest BCUT2D eigenvalue weighted by atomic mass is 9.98. The number of likely N-dealkylation sites (tertiary alicyclic amines) is 1. The summed E-state index contributed by atoms with van der Waals surface area (Å²) in [5.41, 5.74) is 1.15. The Morgan fingerprint density at radius 2 is 1.92 bits per heavy atom. The van der Waals surface area contributed by atoms with Crippen molar-refractivity contribution in [3.8, 4) is 0 Å². The SMILES string of the molecule is CC1CCCN(Cc2ccccc2)/C1=N/S(=O)(=O)c1ccccn1. The van der Waals surface area contributed by atoms with Crippen molar-refractivity contribution in [1.29, 1.82) is 0 Å². The van der Waals surface area contributed by atoms with Gasteiger partial charge >= 0.3 is 10.0 Å². The predicted molar refractivity (Wildman–Crippen MR) is 94.1 cm³/mol. The van der Waals surface area contributed by atoms with Crippen LogP contribution in [0.15, 0.2) is 64.2 Å². The van der Waals surface area contributed by atoms with E-state index in [1.165, 1.54) is 12.3 Å². The van der Waals surface area contributed by atoms with Crippen LogP contribution in [0.5, 0.6) is 0 Å². The van der Waals surface area contributed by atoms with E-state index in [1.807, 2.05) is 37.3 Å². The number of hydrogen-bond donors (Lipinski definition) is 0. The summed E-state index contributed by atoms with van der Waals surface area (Å²) in [6.07, 6.45) is 3.46. The highest BCUT2D eigenvalue weighted by molar-refractivity contribution is 7.90. The molecule has 0 amide bonds. The molecule has 0 aliphatic carbocycles. The first-order valence-electron chi connectivity index (χ1n) is 8.11. The van der Waals surface area contributed by atoms with Gasteiger partial charge in [-0.1, -0.05) is 43.3 Å². The summed E-state index contributed by atoms with van der Waals surface area (Å²) in [6, 6.07) is 14.9. The third-order valence-corrected chi connectivity index (χ3v) is 5.36. The third-order valence-electron chi connectivity index (χ3n) is 4.16. The number of nitrogens with zero attached hydrogens (tertiary/aromatic N) is 3. The first-order chi connectivity index (χ1) is 11.6. The Labute approximate surface area is 143 Å². The molecule has 0 spiro atoms. The van der Waals surface area contributed by atoms with Crippen molar-refractivity contribution >= 4 is 15.9 Å². The van der Waals surface area contributed by atoms with E-state index in [4.69, 9.17) is 0 Å². The maximum Gasteiger partial charge on any atom is 0.301 e. The molecular formula is C18H21N3O2S. The van der Waals surface area contributed by atoms with Crippen molar-refractivity contribution in [3.63, 3.8) is 0 Å². The lowest BCUT2D eigenvalue weighted by Crippen LogP contribution is -2.40. The Morgan fingerprint density at radius 3 is 2.62 bits per heavy atom. The number of hydrogen-bond acceptors (Lipinski definition) is 3. The summed E-state index contributed by atoms with van der Waals surface area (Å²) in [4.78, 5) is 6.01. The minimum Gasteiger partial charge on any atom is -0.355 e. The van der Waals surface area contributed by atoms with Gasteiger partial charge in [0.25, 0.3) is 0 Å². The maximum absolute atomic E-state index is 12.6. The van der Waals surface area contributed by atoms with Crippen LogP contribution in [0.1, 0.15) is 25.3 Å². The molecule has 0 radical (unpaired) electrons. The van der Waals surface area contributed by atoms with Crippen LogP contribution in [0.25, 0.3) is 0 Å². The molecule has 1 aliphatic heterocycles. The summed E-state index contributed by atoms with van der Waals surface area (Å²) in [5, 5.41) is -0.00469. The second-order valence-corrected chi connectivity index (χ2v) is 7.59. The van der Waals surface area contributed by atoms with Crippen LogP contribution in [-0.4, -0.2) is 30.7 Å². The summed E-state index contributed by atoms with van der Waals surface area (Å²) in [5.74, 6) is 0.747. The minimum atomic E-state index is -3.78. The largest absolute Gasteiger partial charge is 0.355 e. The molecule has 24 heavy (non-hydrogen) atoms. The standard InChI is InChI=1S/C18H21N3O2S/c1-15-8-7-13-21(14-16-9-3-2-4-10-16)18(15)20-24(22,23)17-11-5-6-12-19-17/h2-6,9-12,15H,7-8,13-14H2,1H3/b20-18+. The van der Waals surface area contributed by atoms with Crippen LogP contribution < -0.4 is 0 Å². The fourth-order valence-electron chi connectivity index (χ4n) is 2.92. The van der Waals surface area contributed by atoms with Crippen molar-refractivity contribution in [2.24, 2.45) is 10.3 Å². The summed E-state index contributed by atoms with van der Waals surface area (Å²) < 4.78 is 29.3. The highest BCUT2D eigenvalue weighted by atomic mass is 32.2. The van der Waals surface area contributed by atoms with Gasteiger partial charge in [-0.05, 0) is 30.5 Å². The number of benzene rings is 1. The second-order valence-electron chi connectivity index (χ2n) is 6.04. The molecule has 5 nitrogen and oxygen atoms in total. The van der Waals surface area contributed by atoms with Crippen LogP contribution in [0.3, 0.4) is 0 Å². The molecule has 3 rings (SSSR count). The van der Waals surface area contributed by atoms with E-state index in [-0.39, 0.29) is 10.9 Å². The molecule has 1 aromatic carbocycles. The molecule has 1 aromatic heterocycles. The Hall–Kier alpha value is -2.21. The van der Waals surface area contributed by atoms with Crippen LogP contribution in [0.4, 0.5) is 0 Å². The predicted octanol–water partition coefficient (Wildman–Crippen LogP) is 3.10. The van der Waals surface area contributed by atoms with E-state index in [0.29, 0.717) is 12.4 Å². The van der Waals surface area contributed by atoms with Gasteiger partial charge in [-0.25, -0.2) is 4.98 Å². The van der Waals surface area contributed by atoms with Crippen molar-refractivity contribution < 1.29 is 8.42 Å². The van der Waals surface area contributed by atoms with Crippen LogP contribution in [0.2, 0.25) is 0 Å². The summed E-state index contributed by atoms with van der Waals surface area (Å²) >= 11 is 0. The molecule has 0 bridgehead atoms. The number of pyridine rings is 1. The molecule has 2 heterocycles. The van der Waals surface area contributed by atoms with Gasteiger partial charge in [-0.3, -0.25) is 0 Å². The first kappa shape index (κ1) is 16.6. The Bertz CT molecular complexity index is 805. The van der Waals surface area contributed by atoms with Crippen LogP contribution >= 0.6 is 0 Å². The van der Waals surface area contributed by atoms with E-state index in [1.54, 1.807) is 12.1 Å². The van der Waals surface area contributed by atoms with E-state index in [2.05, 4.69) is 14.3 Å². The van der Waals surface area contributed by atoms with Gasteiger partial charge in [0.1, 0.15) is 5.84 Å². The lowest BCUT2D eigenvalue weighted by Gasteiger charge is -2.34. The fourth-order valence-corrected chi connectivity index (χ4v) is 4.00. The zero-order valence-corrected chi connectivity index (χ0v) is 14.5. The quantitative estimate of drug-likeness (QED) is 0.856. The highest BCUT2D eigenvalue weighted by Gasteiger charge is 2.27. The normalized spacial score (nSPS) is 20.3. The Morgan fingerprint density at radius 1 is 1.17 bits per heavy atom. The van der Waals surface area contributed by atoms with Gasteiger partial charge < -0.3 is 4.90 Å². The number of sulfonamides is 1. The number of piperidine rings is 1. The van der Waals surface area contributed by atoms with E-state index in [9.17, 15) is 8.42 Å². The molecule has 1 aliphatic rings. The van der Waals surface area contributed by atoms with Gasteiger partial charge in [0.05, 0.1) is 0 Å². The first-order valence-corrected chi connectivity index (χ1v) is 9.55. The number of amidine groups is 1. The second kappa shape index (κ2) is 7.13. The topological polar surface area (TPSA) is 62.6 Å². The minimum absolute atomic E-state index is 0.00469. The van der Waals surface area contributed by atoms with Gasteiger partial charge in [0.2, 0.25) is 0 Å². The fraction of sp³-hybridized carbons (Fsp3) is 0.333. The third kappa shape index (κ3) is 3.82. The van der Waals surface area contributed by atoms with Crippen LogP contribution in [-0.2, 0) is 16.6 Å². The summed E-state index contributed by atoms with van der Waals surface area (Å²) in [7, 11) is -3.78. The zero-order chi connectivity index (χ0) is 17.0. The molecule has 2 aromatic rings. The van der Waals surface area contributed by atoms with Crippen LogP contribution in [0, 0.1) is 5.92 Å². The number of aromatic nitrogens is 1. The molecule has 1 atom stereocenters. The molecular weight excluding hydrogens is 322 g/mol. The Kier molecular flexibility index (Phi) is 4.94. The van der Waals surface area contributed by atoms with Gasteiger partial charge in [0.15, 0.2) is 5.03 Å². The van der Waals surface area contributed by atoms with Crippen molar-refractivity contribution in [1.82, 2.24) is 9.88 Å². The highest BCUT2D eigenvalue weighted by Crippen LogP contribution is 2.23. The molecule has 1 unspecified atom stereocenters. The maximum atomic E-state index is 12.6. The average molecular weight is 343 g/mol. The summed E-state index contributed by atoms with van der Waals surface area (Å²) in [6.45, 7) is 3.52. The van der Waals surface area contributed by atoms with E-state index in [0.717, 1.165) is 24.9 Å². The van der Waals surface area contributed by atoms with Gasteiger partial charge in [-0.15, -0.1) is 4.40 Å². The zero-order valence-electron chi connectivity index (χ0n) is 13.7. The van der Waals surface area contributed by atoms with Crippen molar-refractivity contribution in [2.75, 3.05) is 6.54 Å². The number of rotatable bonds is 4.